The number of rotatable bonds is 3. The Morgan fingerprint density at radius 3 is 2.89 bits per heavy atom. The summed E-state index contributed by atoms with van der Waals surface area (Å²) in [4.78, 5) is 18.4. The standard InChI is InChI=1S/C13H14N4OS/c18-12-11(19-13-14-9-15-16-13)7-4-8-17(12)10-5-2-1-3-6-10/h1-3,5-6,9,11H,4,7-8H2,(H,14,15,16)/t11-/m0/s1. The van der Waals surface area contributed by atoms with Gasteiger partial charge in [-0.1, -0.05) is 30.0 Å². The van der Waals surface area contributed by atoms with Gasteiger partial charge in [-0.05, 0) is 25.0 Å². The minimum atomic E-state index is -0.0816. The van der Waals surface area contributed by atoms with E-state index in [4.69, 9.17) is 0 Å². The highest BCUT2D eigenvalue weighted by atomic mass is 32.2. The van der Waals surface area contributed by atoms with E-state index in [0.29, 0.717) is 5.16 Å². The number of H-pyrrole nitrogens is 1. The van der Waals surface area contributed by atoms with Gasteiger partial charge >= 0.3 is 0 Å². The molecular weight excluding hydrogens is 260 g/mol. The van der Waals surface area contributed by atoms with E-state index in [1.807, 2.05) is 35.2 Å². The number of benzene rings is 1. The topological polar surface area (TPSA) is 61.9 Å². The maximum Gasteiger partial charge on any atom is 0.240 e. The second-order valence-corrected chi connectivity index (χ2v) is 5.56. The number of hydrogen-bond acceptors (Lipinski definition) is 4. The van der Waals surface area contributed by atoms with Crippen molar-refractivity contribution < 1.29 is 4.79 Å². The molecule has 2 heterocycles. The predicted molar refractivity (Wildman–Crippen MR) is 74.1 cm³/mol. The average molecular weight is 274 g/mol. The van der Waals surface area contributed by atoms with E-state index in [-0.39, 0.29) is 11.2 Å². The number of aromatic nitrogens is 3. The summed E-state index contributed by atoms with van der Waals surface area (Å²) >= 11 is 1.46. The molecule has 98 valence electrons. The lowest BCUT2D eigenvalue weighted by Gasteiger charge is -2.31. The van der Waals surface area contributed by atoms with Crippen LogP contribution in [-0.4, -0.2) is 32.9 Å². The van der Waals surface area contributed by atoms with Crippen molar-refractivity contribution in [2.75, 3.05) is 11.4 Å². The van der Waals surface area contributed by atoms with Gasteiger partial charge in [0.05, 0.1) is 5.25 Å². The quantitative estimate of drug-likeness (QED) is 0.931. The Morgan fingerprint density at radius 2 is 2.16 bits per heavy atom. The van der Waals surface area contributed by atoms with Crippen LogP contribution in [0.4, 0.5) is 5.69 Å². The van der Waals surface area contributed by atoms with Gasteiger partial charge in [0, 0.05) is 12.2 Å². The summed E-state index contributed by atoms with van der Waals surface area (Å²) in [7, 11) is 0. The third kappa shape index (κ3) is 2.63. The molecule has 19 heavy (non-hydrogen) atoms. The number of amides is 1. The predicted octanol–water partition coefficient (Wildman–Crippen LogP) is 2.09. The number of anilines is 1. The van der Waals surface area contributed by atoms with Crippen LogP contribution in [0.5, 0.6) is 0 Å². The van der Waals surface area contributed by atoms with Crippen LogP contribution in [0.2, 0.25) is 0 Å². The zero-order valence-electron chi connectivity index (χ0n) is 10.3. The second-order valence-electron chi connectivity index (χ2n) is 4.36. The van der Waals surface area contributed by atoms with Crippen molar-refractivity contribution in [3.05, 3.63) is 36.7 Å². The van der Waals surface area contributed by atoms with E-state index < -0.39 is 0 Å². The van der Waals surface area contributed by atoms with Crippen molar-refractivity contribution in [2.45, 2.75) is 23.2 Å². The molecule has 1 fully saturated rings. The molecule has 0 aliphatic carbocycles. The number of thioether (sulfide) groups is 1. The zero-order valence-corrected chi connectivity index (χ0v) is 11.1. The molecule has 1 atom stereocenters. The summed E-state index contributed by atoms with van der Waals surface area (Å²) in [5.74, 6) is 0.152. The van der Waals surface area contributed by atoms with Crippen LogP contribution in [-0.2, 0) is 4.79 Å². The monoisotopic (exact) mass is 274 g/mol. The van der Waals surface area contributed by atoms with E-state index in [0.717, 1.165) is 25.1 Å². The van der Waals surface area contributed by atoms with Gasteiger partial charge in [0.2, 0.25) is 5.91 Å². The Bertz CT molecular complexity index is 543. The van der Waals surface area contributed by atoms with Crippen molar-refractivity contribution in [1.29, 1.82) is 0 Å². The van der Waals surface area contributed by atoms with E-state index in [9.17, 15) is 4.79 Å². The highest BCUT2D eigenvalue weighted by Gasteiger charge is 2.30. The summed E-state index contributed by atoms with van der Waals surface area (Å²) in [5.41, 5.74) is 0.968. The molecule has 2 aromatic rings. The number of carbonyl (C=O) groups excluding carboxylic acids is 1. The first-order valence-corrected chi connectivity index (χ1v) is 7.11. The lowest BCUT2D eigenvalue weighted by molar-refractivity contribution is -0.119. The molecule has 1 aromatic carbocycles. The minimum absolute atomic E-state index is 0.0816. The van der Waals surface area contributed by atoms with E-state index in [1.165, 1.54) is 18.1 Å². The third-order valence-electron chi connectivity index (χ3n) is 3.10. The van der Waals surface area contributed by atoms with Gasteiger partial charge in [0.25, 0.3) is 0 Å². The van der Waals surface area contributed by atoms with Crippen molar-refractivity contribution in [3.63, 3.8) is 0 Å². The molecule has 0 bridgehead atoms. The summed E-state index contributed by atoms with van der Waals surface area (Å²) in [6.45, 7) is 0.788. The fourth-order valence-corrected chi connectivity index (χ4v) is 3.20. The average Bonchev–Trinajstić information content (AvgIpc) is 2.95. The molecule has 1 N–H and O–H groups in total. The van der Waals surface area contributed by atoms with Crippen molar-refractivity contribution in [2.24, 2.45) is 0 Å². The fourth-order valence-electron chi connectivity index (χ4n) is 2.20. The minimum Gasteiger partial charge on any atom is -0.311 e. The highest BCUT2D eigenvalue weighted by Crippen LogP contribution is 2.30. The third-order valence-corrected chi connectivity index (χ3v) is 4.25. The first-order valence-electron chi connectivity index (χ1n) is 6.23. The molecule has 1 aliphatic rings. The molecule has 1 saturated heterocycles. The SMILES string of the molecule is O=C1[C@@H](Sc2ncn[nH]2)CCCN1c1ccccc1. The number of hydrogen-bond donors (Lipinski definition) is 1. The number of aromatic amines is 1. The largest absolute Gasteiger partial charge is 0.311 e. The summed E-state index contributed by atoms with van der Waals surface area (Å²) in [5, 5.41) is 7.22. The molecule has 0 unspecified atom stereocenters. The fraction of sp³-hybridized carbons (Fsp3) is 0.308. The molecule has 5 nitrogen and oxygen atoms in total. The van der Waals surface area contributed by atoms with E-state index in [2.05, 4.69) is 15.2 Å². The number of nitrogens with zero attached hydrogens (tertiary/aromatic N) is 3. The van der Waals surface area contributed by atoms with Crippen molar-refractivity contribution in [3.8, 4) is 0 Å². The zero-order chi connectivity index (χ0) is 13.1. The summed E-state index contributed by atoms with van der Waals surface area (Å²) < 4.78 is 0. The highest BCUT2D eigenvalue weighted by molar-refractivity contribution is 8.00. The Morgan fingerprint density at radius 1 is 1.32 bits per heavy atom. The molecule has 1 amide bonds. The molecular formula is C13H14N4OS. The molecule has 0 spiro atoms. The number of carbonyl (C=O) groups is 1. The van der Waals surface area contributed by atoms with Gasteiger partial charge in [0.15, 0.2) is 5.16 Å². The normalized spacial score (nSPS) is 19.7. The summed E-state index contributed by atoms with van der Waals surface area (Å²) in [6.07, 6.45) is 3.35. The molecule has 1 aromatic heterocycles. The Balaban J connectivity index is 1.76. The van der Waals surface area contributed by atoms with Crippen LogP contribution in [0, 0.1) is 0 Å². The van der Waals surface area contributed by atoms with Gasteiger partial charge in [0.1, 0.15) is 6.33 Å². The summed E-state index contributed by atoms with van der Waals surface area (Å²) in [6, 6.07) is 9.81. The maximum absolute atomic E-state index is 12.5. The van der Waals surface area contributed by atoms with Crippen LogP contribution in [0.15, 0.2) is 41.8 Å². The van der Waals surface area contributed by atoms with Crippen LogP contribution < -0.4 is 4.90 Å². The smallest absolute Gasteiger partial charge is 0.240 e. The maximum atomic E-state index is 12.5. The Kier molecular flexibility index (Phi) is 3.50. The van der Waals surface area contributed by atoms with Crippen LogP contribution in [0.1, 0.15) is 12.8 Å². The number of nitrogens with one attached hydrogen (secondary N) is 1. The van der Waals surface area contributed by atoms with Crippen LogP contribution in [0.3, 0.4) is 0 Å². The molecule has 6 heteroatoms. The second kappa shape index (κ2) is 5.44. The van der Waals surface area contributed by atoms with Crippen LogP contribution in [0.25, 0.3) is 0 Å². The molecule has 0 radical (unpaired) electrons. The van der Waals surface area contributed by atoms with E-state index >= 15 is 0 Å². The Hall–Kier alpha value is -1.82. The molecule has 3 rings (SSSR count). The van der Waals surface area contributed by atoms with Gasteiger partial charge in [-0.25, -0.2) is 4.98 Å². The van der Waals surface area contributed by atoms with Crippen LogP contribution >= 0.6 is 11.8 Å². The first-order chi connectivity index (χ1) is 9.34. The van der Waals surface area contributed by atoms with Gasteiger partial charge in [-0.2, -0.15) is 5.10 Å². The number of para-hydroxylation sites is 1. The lowest BCUT2D eigenvalue weighted by Crippen LogP contribution is -2.43. The van der Waals surface area contributed by atoms with E-state index in [1.54, 1.807) is 0 Å². The van der Waals surface area contributed by atoms with Gasteiger partial charge < -0.3 is 4.90 Å². The molecule has 0 saturated carbocycles. The number of piperidine rings is 1. The first kappa shape index (κ1) is 12.2. The van der Waals surface area contributed by atoms with Crippen molar-refractivity contribution in [1.82, 2.24) is 15.2 Å². The van der Waals surface area contributed by atoms with Crippen molar-refractivity contribution >= 4 is 23.4 Å². The molecule has 1 aliphatic heterocycles. The van der Waals surface area contributed by atoms with Gasteiger partial charge in [-0.3, -0.25) is 9.89 Å². The van der Waals surface area contributed by atoms with Gasteiger partial charge in [-0.15, -0.1) is 0 Å². The Labute approximate surface area is 115 Å². The lowest BCUT2D eigenvalue weighted by atomic mass is 10.1.